The number of rotatable bonds is 0. The average molecular weight is 159 g/mol. The molecule has 0 aromatic heterocycles. The smallest absolute Gasteiger partial charge is 0.178 e. The van der Waals surface area contributed by atoms with Crippen molar-refractivity contribution in [2.45, 2.75) is 6.42 Å². The number of hydrogen-bond donors (Lipinski definition) is 0. The minimum atomic E-state index is 0. The van der Waals surface area contributed by atoms with Gasteiger partial charge in [-0.05, 0) is 29.4 Å². The summed E-state index contributed by atoms with van der Waals surface area (Å²) in [5.41, 5.74) is 2.14. The Hall–Kier alpha value is -1.48. The van der Waals surface area contributed by atoms with Crippen LogP contribution in [0.4, 0.5) is 0 Å². The van der Waals surface area contributed by atoms with Gasteiger partial charge in [0.25, 0.3) is 0 Å². The van der Waals surface area contributed by atoms with Crippen LogP contribution in [-0.4, -0.2) is 12.0 Å². The highest BCUT2D eigenvalue weighted by molar-refractivity contribution is 6.03. The lowest BCUT2D eigenvalue weighted by atomic mass is 9.96. The van der Waals surface area contributed by atoms with E-state index in [4.69, 9.17) is 0 Å². The number of aliphatic imine (C=N–C) groups is 1. The second kappa shape index (κ2) is 3.28. The molecule has 1 aliphatic carbocycles. The molecule has 0 spiro atoms. The molecule has 2 aliphatic rings. The molecule has 12 heavy (non-hydrogen) atoms. The molecule has 3 radical (unpaired) electrons. The van der Waals surface area contributed by atoms with E-state index in [2.05, 4.69) is 4.99 Å². The van der Waals surface area contributed by atoms with Crippen molar-refractivity contribution in [3.8, 4) is 0 Å². The molecule has 0 unspecified atom stereocenters. The van der Waals surface area contributed by atoms with Crippen LogP contribution in [0.1, 0.15) is 6.42 Å². The van der Waals surface area contributed by atoms with Gasteiger partial charge in [0.05, 0.1) is 0 Å². The van der Waals surface area contributed by atoms with Crippen molar-refractivity contribution in [3.63, 3.8) is 0 Å². The Morgan fingerprint density at radius 1 is 1.33 bits per heavy atom. The number of allylic oxidation sites excluding steroid dienone is 5. The lowest BCUT2D eigenvalue weighted by Crippen LogP contribution is -2.02. The molecule has 0 aromatic rings. The van der Waals surface area contributed by atoms with Gasteiger partial charge >= 0.3 is 0 Å². The highest BCUT2D eigenvalue weighted by Crippen LogP contribution is 2.21. The van der Waals surface area contributed by atoms with Crippen molar-refractivity contribution in [1.29, 1.82) is 0 Å². The van der Waals surface area contributed by atoms with Crippen molar-refractivity contribution in [3.05, 3.63) is 35.6 Å². The summed E-state index contributed by atoms with van der Waals surface area (Å²) in [7, 11) is 0. The third-order valence-corrected chi connectivity index (χ3v) is 1.74. The number of fused-ring (bicyclic) bond motifs is 1. The summed E-state index contributed by atoms with van der Waals surface area (Å²) in [6, 6.07) is 0. The average Bonchev–Trinajstić information content (AvgIpc) is 2.04. The van der Waals surface area contributed by atoms with Crippen molar-refractivity contribution >= 4 is 12.0 Å². The maximum Gasteiger partial charge on any atom is 0.178 e. The number of carbonyl (C=O) groups excluding carboxylic acids is 1. The Labute approximate surface area is 70.8 Å². The van der Waals surface area contributed by atoms with E-state index in [-0.39, 0.29) is 11.9 Å². The fourth-order valence-electron chi connectivity index (χ4n) is 1.17. The zero-order valence-electron chi connectivity index (χ0n) is 6.40. The Kier molecular flexibility index (Phi) is 2.35. The van der Waals surface area contributed by atoms with Gasteiger partial charge in [-0.2, -0.15) is 0 Å². The Morgan fingerprint density at radius 3 is 3.00 bits per heavy atom. The maximum atomic E-state index is 10.9. The largest absolute Gasteiger partial charge is 0.290 e. The summed E-state index contributed by atoms with van der Waals surface area (Å²) in [4.78, 5) is 14.9. The molecule has 0 amide bonds. The molecule has 3 heteroatoms. The van der Waals surface area contributed by atoms with E-state index in [1.54, 1.807) is 18.4 Å². The number of ketones is 1. The summed E-state index contributed by atoms with van der Waals surface area (Å²) in [6.07, 6.45) is 9.41. The summed E-state index contributed by atoms with van der Waals surface area (Å²) >= 11 is 0. The minimum Gasteiger partial charge on any atom is -0.290 e. The molecule has 2 rings (SSSR count). The lowest BCUT2D eigenvalue weighted by Gasteiger charge is -2.10. The highest BCUT2D eigenvalue weighted by Gasteiger charge is 2.10. The van der Waals surface area contributed by atoms with Crippen LogP contribution in [0, 0.1) is 0 Å². The van der Waals surface area contributed by atoms with Crippen LogP contribution in [0.25, 0.3) is 0 Å². The second-order valence-electron chi connectivity index (χ2n) is 2.53. The molecule has 1 heterocycles. The quantitative estimate of drug-likeness (QED) is 0.518. The lowest BCUT2D eigenvalue weighted by molar-refractivity contribution is -0.110. The van der Waals surface area contributed by atoms with Crippen molar-refractivity contribution < 1.29 is 4.79 Å². The van der Waals surface area contributed by atoms with Crippen LogP contribution in [0.2, 0.25) is 0 Å². The van der Waals surface area contributed by atoms with Gasteiger partial charge in [-0.25, -0.2) is 0 Å². The number of nitrogens with zero attached hydrogens (tertiary/aromatic N) is 2. The number of carbonyl (C=O) groups is 1. The van der Waals surface area contributed by atoms with E-state index in [0.29, 0.717) is 0 Å². The van der Waals surface area contributed by atoms with Gasteiger partial charge < -0.3 is 0 Å². The second-order valence-corrected chi connectivity index (χ2v) is 2.53. The van der Waals surface area contributed by atoms with Crippen LogP contribution in [-0.2, 0) is 4.79 Å². The van der Waals surface area contributed by atoms with Gasteiger partial charge in [-0.1, -0.05) is 0 Å². The molecule has 0 atom stereocenters. The van der Waals surface area contributed by atoms with Crippen LogP contribution in [0.15, 0.2) is 40.6 Å². The Morgan fingerprint density at radius 2 is 2.17 bits per heavy atom. The fraction of sp³-hybridized carbons (Fsp3) is 0.111. The van der Waals surface area contributed by atoms with E-state index >= 15 is 0 Å². The van der Waals surface area contributed by atoms with Crippen molar-refractivity contribution in [1.82, 2.24) is 6.15 Å². The van der Waals surface area contributed by atoms with E-state index in [1.165, 1.54) is 0 Å². The molecule has 0 saturated heterocycles. The van der Waals surface area contributed by atoms with Gasteiger partial charge in [0.1, 0.15) is 0 Å². The first-order chi connectivity index (χ1) is 5.36. The third kappa shape index (κ3) is 1.40. The predicted molar refractivity (Wildman–Crippen MR) is 45.6 cm³/mol. The standard InChI is InChI=1S/C9H7NO.N/c11-9-2-1-8-6-10-4-3-7(8)5-9;/h1-2,4-6H,3H2;. The van der Waals surface area contributed by atoms with Gasteiger partial charge in [-0.3, -0.25) is 9.79 Å². The molecule has 0 saturated carbocycles. The van der Waals surface area contributed by atoms with Crippen LogP contribution in [0.3, 0.4) is 0 Å². The Balaban J connectivity index is 0.000000720. The summed E-state index contributed by atoms with van der Waals surface area (Å²) in [6.45, 7) is 0. The third-order valence-electron chi connectivity index (χ3n) is 1.74. The molecule has 59 valence electrons. The first kappa shape index (κ1) is 8.62. The highest BCUT2D eigenvalue weighted by atomic mass is 16.1. The molecule has 1 aliphatic heterocycles. The molecular weight excluding hydrogens is 152 g/mol. The van der Waals surface area contributed by atoms with Gasteiger partial charge in [0, 0.05) is 25.0 Å². The molecular formula is C9H7N2O. The number of hydrogen-bond acceptors (Lipinski definition) is 2. The van der Waals surface area contributed by atoms with E-state index in [9.17, 15) is 4.79 Å². The van der Waals surface area contributed by atoms with Crippen LogP contribution in [0.5, 0.6) is 0 Å². The van der Waals surface area contributed by atoms with Crippen molar-refractivity contribution in [2.24, 2.45) is 4.99 Å². The molecule has 0 aromatic carbocycles. The fourth-order valence-corrected chi connectivity index (χ4v) is 1.17. The van der Waals surface area contributed by atoms with Crippen LogP contribution < -0.4 is 6.15 Å². The first-order valence-electron chi connectivity index (χ1n) is 3.51. The topological polar surface area (TPSA) is 59.9 Å². The first-order valence-corrected chi connectivity index (χ1v) is 3.51. The van der Waals surface area contributed by atoms with E-state index < -0.39 is 0 Å². The summed E-state index contributed by atoms with van der Waals surface area (Å²) < 4.78 is 0. The zero-order valence-corrected chi connectivity index (χ0v) is 6.40. The van der Waals surface area contributed by atoms with E-state index in [0.717, 1.165) is 17.6 Å². The van der Waals surface area contributed by atoms with Crippen LogP contribution >= 0.6 is 0 Å². The monoisotopic (exact) mass is 159 g/mol. The predicted octanol–water partition coefficient (Wildman–Crippen LogP) is 0.929. The van der Waals surface area contributed by atoms with E-state index in [1.807, 2.05) is 12.3 Å². The van der Waals surface area contributed by atoms with Gasteiger partial charge in [0.2, 0.25) is 0 Å². The summed E-state index contributed by atoms with van der Waals surface area (Å²) in [5.74, 6) is 0.0763. The normalized spacial score (nSPS) is 19.2. The van der Waals surface area contributed by atoms with Gasteiger partial charge in [0.15, 0.2) is 5.78 Å². The molecule has 3 nitrogen and oxygen atoms in total. The Bertz CT molecular complexity index is 321. The minimum absolute atomic E-state index is 0. The zero-order chi connectivity index (χ0) is 7.68. The summed E-state index contributed by atoms with van der Waals surface area (Å²) in [5, 5.41) is 0. The molecule has 0 fully saturated rings. The SMILES string of the molecule is O=C1C=CC2=CN=CCC2=C1.[N]. The molecule has 0 bridgehead atoms. The van der Waals surface area contributed by atoms with Crippen molar-refractivity contribution in [2.75, 3.05) is 0 Å². The van der Waals surface area contributed by atoms with Gasteiger partial charge in [-0.15, -0.1) is 0 Å². The molecule has 0 N–H and O–H groups in total. The maximum absolute atomic E-state index is 10.9.